The maximum atomic E-state index is 6.10. The number of hydrogen-bond donors (Lipinski definition) is 1. The summed E-state index contributed by atoms with van der Waals surface area (Å²) in [7, 11) is 0. The van der Waals surface area contributed by atoms with Crippen molar-refractivity contribution in [3.63, 3.8) is 0 Å². The van der Waals surface area contributed by atoms with Crippen molar-refractivity contribution in [2.45, 2.75) is 20.4 Å². The van der Waals surface area contributed by atoms with Crippen LogP contribution in [0.3, 0.4) is 0 Å². The van der Waals surface area contributed by atoms with Crippen LogP contribution in [0.2, 0.25) is 9.49 Å². The molecule has 90 valence electrons. The van der Waals surface area contributed by atoms with Gasteiger partial charge in [0.2, 0.25) is 0 Å². The van der Waals surface area contributed by atoms with Crippen molar-refractivity contribution in [3.8, 4) is 0 Å². The van der Waals surface area contributed by atoms with Crippen LogP contribution >= 0.6 is 34.5 Å². The average Bonchev–Trinajstić information content (AvgIpc) is 2.70. The van der Waals surface area contributed by atoms with E-state index in [0.717, 1.165) is 21.2 Å². The van der Waals surface area contributed by atoms with Crippen LogP contribution in [0.4, 0.5) is 5.69 Å². The number of hydrogen-bond acceptors (Lipinski definition) is 3. The molecular weight excluding hydrogens is 275 g/mol. The van der Waals surface area contributed by atoms with Crippen LogP contribution in [0, 0.1) is 13.8 Å². The third-order valence-corrected chi connectivity index (χ3v) is 4.10. The van der Waals surface area contributed by atoms with E-state index in [1.807, 2.05) is 19.1 Å². The average molecular weight is 287 g/mol. The summed E-state index contributed by atoms with van der Waals surface area (Å²) in [6.07, 6.45) is 1.79. The van der Waals surface area contributed by atoms with Crippen molar-refractivity contribution >= 4 is 40.2 Å². The summed E-state index contributed by atoms with van der Waals surface area (Å²) >= 11 is 13.4. The van der Waals surface area contributed by atoms with Crippen LogP contribution in [-0.2, 0) is 6.54 Å². The van der Waals surface area contributed by atoms with Gasteiger partial charge in [-0.3, -0.25) is 0 Å². The number of anilines is 1. The van der Waals surface area contributed by atoms with Crippen LogP contribution in [0.25, 0.3) is 0 Å². The lowest BCUT2D eigenvalue weighted by Crippen LogP contribution is -2.01. The zero-order chi connectivity index (χ0) is 12.4. The minimum absolute atomic E-state index is 0.571. The number of rotatable bonds is 3. The highest BCUT2D eigenvalue weighted by Gasteiger charge is 2.06. The second-order valence-corrected chi connectivity index (χ2v) is 5.90. The maximum Gasteiger partial charge on any atom is 0.183 e. The SMILES string of the molecule is Cc1ccc(Cl)c(C)c1NCc1cnc(Cl)s1. The summed E-state index contributed by atoms with van der Waals surface area (Å²) in [5.41, 5.74) is 3.34. The molecule has 0 aliphatic rings. The minimum Gasteiger partial charge on any atom is -0.380 e. The summed E-state index contributed by atoms with van der Waals surface area (Å²) < 4.78 is 0.571. The van der Waals surface area contributed by atoms with E-state index in [2.05, 4.69) is 17.2 Å². The van der Waals surface area contributed by atoms with Gasteiger partial charge in [0, 0.05) is 21.8 Å². The van der Waals surface area contributed by atoms with Crippen molar-refractivity contribution in [1.82, 2.24) is 4.98 Å². The van der Waals surface area contributed by atoms with Gasteiger partial charge in [-0.25, -0.2) is 4.98 Å². The Bertz CT molecular complexity index is 537. The summed E-state index contributed by atoms with van der Waals surface area (Å²) in [6.45, 7) is 4.79. The Morgan fingerprint density at radius 3 is 2.71 bits per heavy atom. The molecule has 0 radical (unpaired) electrons. The molecule has 0 fully saturated rings. The van der Waals surface area contributed by atoms with Crippen LogP contribution < -0.4 is 5.32 Å². The van der Waals surface area contributed by atoms with E-state index >= 15 is 0 Å². The van der Waals surface area contributed by atoms with E-state index < -0.39 is 0 Å². The van der Waals surface area contributed by atoms with E-state index in [1.165, 1.54) is 16.9 Å². The molecule has 2 rings (SSSR count). The Morgan fingerprint density at radius 2 is 2.06 bits per heavy atom. The number of aryl methyl sites for hydroxylation is 1. The molecule has 5 heteroatoms. The van der Waals surface area contributed by atoms with Gasteiger partial charge < -0.3 is 5.32 Å². The van der Waals surface area contributed by atoms with Gasteiger partial charge in [0.1, 0.15) is 0 Å². The van der Waals surface area contributed by atoms with E-state index in [9.17, 15) is 0 Å². The Labute approximate surface area is 115 Å². The third-order valence-electron chi connectivity index (χ3n) is 2.57. The molecule has 0 spiro atoms. The molecular formula is C12H12Cl2N2S. The molecule has 0 saturated carbocycles. The molecule has 1 heterocycles. The standard InChI is InChI=1S/C12H12Cl2N2S/c1-7-3-4-10(13)8(2)11(7)15-5-9-6-16-12(14)17-9/h3-4,6,15H,5H2,1-2H3. The summed E-state index contributed by atoms with van der Waals surface area (Å²) in [4.78, 5) is 5.11. The number of benzene rings is 1. The Kier molecular flexibility index (Phi) is 3.92. The molecule has 0 amide bonds. The van der Waals surface area contributed by atoms with E-state index in [4.69, 9.17) is 23.2 Å². The lowest BCUT2D eigenvalue weighted by Gasteiger charge is -2.12. The molecule has 1 aromatic carbocycles. The third kappa shape index (κ3) is 2.92. The van der Waals surface area contributed by atoms with Gasteiger partial charge in [0.15, 0.2) is 4.47 Å². The van der Waals surface area contributed by atoms with E-state index in [0.29, 0.717) is 11.0 Å². The first-order chi connectivity index (χ1) is 8.08. The van der Waals surface area contributed by atoms with Crippen molar-refractivity contribution in [3.05, 3.63) is 43.8 Å². The monoisotopic (exact) mass is 286 g/mol. The van der Waals surface area contributed by atoms with E-state index in [-0.39, 0.29) is 0 Å². The van der Waals surface area contributed by atoms with Crippen LogP contribution in [-0.4, -0.2) is 4.98 Å². The number of nitrogens with zero attached hydrogens (tertiary/aromatic N) is 1. The quantitative estimate of drug-likeness (QED) is 0.886. The van der Waals surface area contributed by atoms with Gasteiger partial charge in [-0.15, -0.1) is 11.3 Å². The highest BCUT2D eigenvalue weighted by molar-refractivity contribution is 7.15. The zero-order valence-electron chi connectivity index (χ0n) is 9.55. The smallest absolute Gasteiger partial charge is 0.183 e. The van der Waals surface area contributed by atoms with E-state index in [1.54, 1.807) is 6.20 Å². The predicted octanol–water partition coefficient (Wildman–Crippen LogP) is 4.68. The second-order valence-electron chi connectivity index (χ2n) is 3.80. The minimum atomic E-state index is 0.571. The number of halogens is 2. The number of nitrogens with one attached hydrogen (secondary N) is 1. The first-order valence-electron chi connectivity index (χ1n) is 5.17. The molecule has 0 aliphatic carbocycles. The Hall–Kier alpha value is -0.770. The molecule has 0 aliphatic heterocycles. The largest absolute Gasteiger partial charge is 0.380 e. The second kappa shape index (κ2) is 5.25. The normalized spacial score (nSPS) is 10.6. The van der Waals surface area contributed by atoms with Gasteiger partial charge in [0.25, 0.3) is 0 Å². The number of aromatic nitrogens is 1. The zero-order valence-corrected chi connectivity index (χ0v) is 11.9. The predicted molar refractivity (Wildman–Crippen MR) is 75.4 cm³/mol. The molecule has 1 N–H and O–H groups in total. The lowest BCUT2D eigenvalue weighted by molar-refractivity contribution is 1.15. The summed E-state index contributed by atoms with van der Waals surface area (Å²) in [5, 5.41) is 4.16. The fourth-order valence-corrected chi connectivity index (χ4v) is 2.71. The van der Waals surface area contributed by atoms with Gasteiger partial charge in [-0.1, -0.05) is 29.3 Å². The topological polar surface area (TPSA) is 24.9 Å². The highest BCUT2D eigenvalue weighted by Crippen LogP contribution is 2.28. The molecule has 0 saturated heterocycles. The van der Waals surface area contributed by atoms with Crippen molar-refractivity contribution < 1.29 is 0 Å². The van der Waals surface area contributed by atoms with Gasteiger partial charge >= 0.3 is 0 Å². The van der Waals surface area contributed by atoms with Crippen molar-refractivity contribution in [2.24, 2.45) is 0 Å². The molecule has 17 heavy (non-hydrogen) atoms. The fourth-order valence-electron chi connectivity index (χ4n) is 1.63. The van der Waals surface area contributed by atoms with Crippen LogP contribution in [0.5, 0.6) is 0 Å². The van der Waals surface area contributed by atoms with Crippen molar-refractivity contribution in [1.29, 1.82) is 0 Å². The Morgan fingerprint density at radius 1 is 1.29 bits per heavy atom. The van der Waals surface area contributed by atoms with Gasteiger partial charge in [-0.2, -0.15) is 0 Å². The molecule has 0 unspecified atom stereocenters. The molecule has 1 aromatic heterocycles. The summed E-state index contributed by atoms with van der Waals surface area (Å²) in [5.74, 6) is 0. The summed E-state index contributed by atoms with van der Waals surface area (Å²) in [6, 6.07) is 3.93. The maximum absolute atomic E-state index is 6.10. The molecule has 0 bridgehead atoms. The number of thiazole rings is 1. The van der Waals surface area contributed by atoms with Crippen LogP contribution in [0.15, 0.2) is 18.3 Å². The van der Waals surface area contributed by atoms with Crippen molar-refractivity contribution in [2.75, 3.05) is 5.32 Å². The van der Waals surface area contributed by atoms with Crippen LogP contribution in [0.1, 0.15) is 16.0 Å². The first kappa shape index (κ1) is 12.7. The Balaban J connectivity index is 2.16. The first-order valence-corrected chi connectivity index (χ1v) is 6.75. The van der Waals surface area contributed by atoms with Gasteiger partial charge in [-0.05, 0) is 31.0 Å². The fraction of sp³-hybridized carbons (Fsp3) is 0.250. The molecule has 2 aromatic rings. The lowest BCUT2D eigenvalue weighted by atomic mass is 10.1. The molecule has 0 atom stereocenters. The highest BCUT2D eigenvalue weighted by atomic mass is 35.5. The molecule has 2 nitrogen and oxygen atoms in total. The van der Waals surface area contributed by atoms with Gasteiger partial charge in [0.05, 0.1) is 6.54 Å².